The molecular weight excluding hydrogens is 272 g/mol. The molecule has 1 heterocycles. The molecule has 2 aromatic rings. The predicted molar refractivity (Wildman–Crippen MR) is 78.4 cm³/mol. The summed E-state index contributed by atoms with van der Waals surface area (Å²) in [4.78, 5) is 30.4. The normalized spacial score (nSPS) is 13.2. The van der Waals surface area contributed by atoms with Crippen LogP contribution < -0.4 is 5.69 Å². The number of carbonyl (C=O) groups excluding carboxylic acids is 1. The zero-order valence-electron chi connectivity index (χ0n) is 10.9. The van der Waals surface area contributed by atoms with Crippen molar-refractivity contribution >= 4 is 17.5 Å². The van der Waals surface area contributed by atoms with Crippen molar-refractivity contribution in [3.63, 3.8) is 0 Å². The molecule has 0 fully saturated rings. The van der Waals surface area contributed by atoms with Gasteiger partial charge >= 0.3 is 5.69 Å². The van der Waals surface area contributed by atoms with Gasteiger partial charge in [0.25, 0.3) is 0 Å². The van der Waals surface area contributed by atoms with E-state index in [1.807, 2.05) is 18.2 Å². The summed E-state index contributed by atoms with van der Waals surface area (Å²) >= 11 is 1.36. The largest absolute Gasteiger partial charge is 0.346 e. The highest BCUT2D eigenvalue weighted by Crippen LogP contribution is 2.28. The first kappa shape index (κ1) is 13.1. The molecule has 1 aliphatic rings. The summed E-state index contributed by atoms with van der Waals surface area (Å²) < 4.78 is 0. The van der Waals surface area contributed by atoms with Crippen molar-refractivity contribution in [1.29, 1.82) is 0 Å². The summed E-state index contributed by atoms with van der Waals surface area (Å²) in [6.07, 6.45) is 2.87. The van der Waals surface area contributed by atoms with Gasteiger partial charge in [0.2, 0.25) is 0 Å². The fourth-order valence-electron chi connectivity index (χ4n) is 2.40. The van der Waals surface area contributed by atoms with Crippen molar-refractivity contribution in [3.8, 4) is 0 Å². The van der Waals surface area contributed by atoms with Crippen LogP contribution in [0.1, 0.15) is 28.0 Å². The number of nitrogens with one attached hydrogen (secondary N) is 1. The van der Waals surface area contributed by atoms with E-state index in [-0.39, 0.29) is 11.5 Å². The molecule has 0 unspecified atom stereocenters. The highest BCUT2D eigenvalue weighted by Gasteiger charge is 2.18. The number of rotatable bonds is 4. The highest BCUT2D eigenvalue weighted by atomic mass is 32.2. The van der Waals surface area contributed by atoms with E-state index < -0.39 is 0 Å². The van der Waals surface area contributed by atoms with Gasteiger partial charge in [0, 0.05) is 16.8 Å². The average Bonchev–Trinajstić information content (AvgIpc) is 2.93. The number of aromatic amines is 1. The fourth-order valence-corrected chi connectivity index (χ4v) is 3.38. The topological polar surface area (TPSA) is 62.8 Å². The lowest BCUT2D eigenvalue weighted by atomic mass is 10.2. The second-order valence-electron chi connectivity index (χ2n) is 4.74. The van der Waals surface area contributed by atoms with E-state index in [0.29, 0.717) is 16.3 Å². The lowest BCUT2D eigenvalue weighted by Gasteiger charge is -2.06. The van der Waals surface area contributed by atoms with Crippen LogP contribution in [0.25, 0.3) is 0 Å². The molecular formula is C15H14N2O2S. The van der Waals surface area contributed by atoms with Crippen molar-refractivity contribution in [2.45, 2.75) is 24.3 Å². The molecule has 20 heavy (non-hydrogen) atoms. The lowest BCUT2D eigenvalue weighted by molar-refractivity contribution is 0.102. The van der Waals surface area contributed by atoms with Crippen LogP contribution in [-0.2, 0) is 12.8 Å². The van der Waals surface area contributed by atoms with Crippen molar-refractivity contribution in [2.24, 2.45) is 0 Å². The van der Waals surface area contributed by atoms with E-state index in [0.717, 1.165) is 30.5 Å². The van der Waals surface area contributed by atoms with Gasteiger partial charge < -0.3 is 4.98 Å². The predicted octanol–water partition coefficient (Wildman–Crippen LogP) is 2.23. The molecule has 0 atom stereocenters. The Hall–Kier alpha value is -1.88. The van der Waals surface area contributed by atoms with Crippen LogP contribution in [0.15, 0.2) is 40.2 Å². The Balaban J connectivity index is 1.77. The number of aryl methyl sites for hydroxylation is 1. The number of nitrogens with zero attached hydrogens (tertiary/aromatic N) is 1. The van der Waals surface area contributed by atoms with Gasteiger partial charge in [-0.05, 0) is 19.3 Å². The Kier molecular flexibility index (Phi) is 3.69. The smallest absolute Gasteiger partial charge is 0.309 e. The average molecular weight is 286 g/mol. The Morgan fingerprint density at radius 3 is 2.85 bits per heavy atom. The van der Waals surface area contributed by atoms with E-state index >= 15 is 0 Å². The fraction of sp³-hybridized carbons (Fsp3) is 0.267. The number of fused-ring (bicyclic) bond motifs is 1. The van der Waals surface area contributed by atoms with Gasteiger partial charge in [-0.2, -0.15) is 4.98 Å². The van der Waals surface area contributed by atoms with Gasteiger partial charge in [-0.15, -0.1) is 0 Å². The zero-order valence-corrected chi connectivity index (χ0v) is 11.7. The summed E-state index contributed by atoms with van der Waals surface area (Å²) in [5, 5.41) is 0.713. The number of thioether (sulfide) groups is 1. The van der Waals surface area contributed by atoms with Crippen LogP contribution in [-0.4, -0.2) is 21.5 Å². The number of carbonyl (C=O) groups is 1. The number of Topliss-reactive ketones (excluding diaryl/α,β-unsaturated/α-hetero) is 1. The maximum atomic E-state index is 12.1. The molecule has 3 rings (SSSR count). The Bertz CT molecular complexity index is 695. The number of aromatic nitrogens is 2. The minimum atomic E-state index is -0.319. The summed E-state index contributed by atoms with van der Waals surface area (Å²) in [6, 6.07) is 9.19. The zero-order chi connectivity index (χ0) is 13.9. The number of hydrogen-bond donors (Lipinski definition) is 1. The first-order valence-corrected chi connectivity index (χ1v) is 7.56. The SMILES string of the molecule is O=C(CSc1nc(=O)[nH]c2c1CCC2)c1ccccc1. The maximum Gasteiger partial charge on any atom is 0.346 e. The molecule has 5 heteroatoms. The third-order valence-electron chi connectivity index (χ3n) is 3.37. The second kappa shape index (κ2) is 5.63. The van der Waals surface area contributed by atoms with E-state index in [2.05, 4.69) is 9.97 Å². The second-order valence-corrected chi connectivity index (χ2v) is 5.70. The summed E-state index contributed by atoms with van der Waals surface area (Å²) in [5.41, 5.74) is 2.47. The first-order chi connectivity index (χ1) is 9.74. The quantitative estimate of drug-likeness (QED) is 0.532. The minimum Gasteiger partial charge on any atom is -0.309 e. The number of benzene rings is 1. The summed E-state index contributed by atoms with van der Waals surface area (Å²) in [5.74, 6) is 0.372. The molecule has 0 saturated carbocycles. The van der Waals surface area contributed by atoms with Crippen LogP contribution in [0.5, 0.6) is 0 Å². The Labute approximate surface area is 120 Å². The first-order valence-electron chi connectivity index (χ1n) is 6.57. The molecule has 0 radical (unpaired) electrons. The number of H-pyrrole nitrogens is 1. The molecule has 4 nitrogen and oxygen atoms in total. The maximum absolute atomic E-state index is 12.1. The summed E-state index contributed by atoms with van der Waals surface area (Å²) in [6.45, 7) is 0. The van der Waals surface area contributed by atoms with Gasteiger partial charge in [0.15, 0.2) is 5.78 Å². The van der Waals surface area contributed by atoms with E-state index in [4.69, 9.17) is 0 Å². The molecule has 1 aromatic carbocycles. The lowest BCUT2D eigenvalue weighted by Crippen LogP contribution is -2.15. The van der Waals surface area contributed by atoms with Gasteiger partial charge in [-0.25, -0.2) is 4.79 Å². The van der Waals surface area contributed by atoms with Crippen molar-refractivity contribution < 1.29 is 4.79 Å². The van der Waals surface area contributed by atoms with E-state index in [1.165, 1.54) is 11.8 Å². The van der Waals surface area contributed by atoms with Crippen LogP contribution in [0.2, 0.25) is 0 Å². The molecule has 102 valence electrons. The van der Waals surface area contributed by atoms with E-state index in [1.54, 1.807) is 12.1 Å². The van der Waals surface area contributed by atoms with Gasteiger partial charge in [-0.1, -0.05) is 42.1 Å². The minimum absolute atomic E-state index is 0.0597. The van der Waals surface area contributed by atoms with Crippen molar-refractivity contribution in [2.75, 3.05) is 5.75 Å². The molecule has 0 amide bonds. The van der Waals surface area contributed by atoms with Gasteiger partial charge in [0.05, 0.1) is 5.75 Å². The molecule has 0 bridgehead atoms. The van der Waals surface area contributed by atoms with Crippen LogP contribution in [0, 0.1) is 0 Å². The number of hydrogen-bond acceptors (Lipinski definition) is 4. The Morgan fingerprint density at radius 1 is 1.25 bits per heavy atom. The van der Waals surface area contributed by atoms with Crippen LogP contribution >= 0.6 is 11.8 Å². The van der Waals surface area contributed by atoms with Gasteiger partial charge in [-0.3, -0.25) is 4.79 Å². The van der Waals surface area contributed by atoms with Crippen molar-refractivity contribution in [3.05, 3.63) is 57.6 Å². The van der Waals surface area contributed by atoms with Crippen molar-refractivity contribution in [1.82, 2.24) is 9.97 Å². The standard InChI is InChI=1S/C15H14N2O2S/c18-13(10-5-2-1-3-6-10)9-20-14-11-7-4-8-12(11)16-15(19)17-14/h1-3,5-6H,4,7-9H2,(H,16,17,19). The molecule has 1 N–H and O–H groups in total. The highest BCUT2D eigenvalue weighted by molar-refractivity contribution is 8.00. The number of ketones is 1. The van der Waals surface area contributed by atoms with Crippen LogP contribution in [0.4, 0.5) is 0 Å². The molecule has 0 aliphatic heterocycles. The monoisotopic (exact) mass is 286 g/mol. The van der Waals surface area contributed by atoms with Crippen LogP contribution in [0.3, 0.4) is 0 Å². The molecule has 1 aliphatic carbocycles. The summed E-state index contributed by atoms with van der Waals surface area (Å²) in [7, 11) is 0. The Morgan fingerprint density at radius 2 is 2.05 bits per heavy atom. The molecule has 1 aromatic heterocycles. The molecule has 0 saturated heterocycles. The third kappa shape index (κ3) is 2.67. The third-order valence-corrected chi connectivity index (χ3v) is 4.39. The molecule has 0 spiro atoms. The van der Waals surface area contributed by atoms with E-state index in [9.17, 15) is 9.59 Å². The van der Waals surface area contributed by atoms with Gasteiger partial charge in [0.1, 0.15) is 5.03 Å².